The van der Waals surface area contributed by atoms with Crippen LogP contribution in [-0.4, -0.2) is 42.0 Å². The van der Waals surface area contributed by atoms with Gasteiger partial charge in [0.2, 0.25) is 0 Å². The third-order valence-electron chi connectivity index (χ3n) is 5.95. The minimum absolute atomic E-state index is 0.264. The van der Waals surface area contributed by atoms with E-state index in [1.807, 2.05) is 54.6 Å². The van der Waals surface area contributed by atoms with Gasteiger partial charge in [0, 0.05) is 6.42 Å². The van der Waals surface area contributed by atoms with Crippen LogP contribution in [0.3, 0.4) is 0 Å². The number of hydrogen-bond acceptors (Lipinski definition) is 5. The van der Waals surface area contributed by atoms with Crippen LogP contribution in [0.15, 0.2) is 84.0 Å². The highest BCUT2D eigenvalue weighted by molar-refractivity contribution is 6.52. The number of hydrogen-bond donors (Lipinski definition) is 0. The number of hydrazone groups is 1. The van der Waals surface area contributed by atoms with Crippen LogP contribution in [0.5, 0.6) is 5.75 Å². The molecule has 0 spiro atoms. The molecular weight excluding hydrogens is 418 g/mol. The van der Waals surface area contributed by atoms with Crippen molar-refractivity contribution in [3.8, 4) is 5.75 Å². The smallest absolute Gasteiger partial charge is 0.299 e. The number of benzene rings is 3. The maximum absolute atomic E-state index is 13.4. The van der Waals surface area contributed by atoms with Gasteiger partial charge in [-0.1, -0.05) is 54.6 Å². The largest absolute Gasteiger partial charge is 0.497 e. The molecule has 0 aromatic heterocycles. The summed E-state index contributed by atoms with van der Waals surface area (Å²) in [5.41, 5.74) is 3.39. The summed E-state index contributed by atoms with van der Waals surface area (Å²) in [5, 5.41) is 6.08. The van der Waals surface area contributed by atoms with Crippen molar-refractivity contribution >= 4 is 29.0 Å². The number of carbonyl (C=O) groups excluding carboxylic acids is 3. The molecule has 164 valence electrons. The molecule has 2 aliphatic rings. The zero-order valence-corrected chi connectivity index (χ0v) is 18.0. The molecule has 3 aromatic carbocycles. The molecule has 0 bridgehead atoms. The molecule has 2 heterocycles. The summed E-state index contributed by atoms with van der Waals surface area (Å²) in [6, 6.07) is 23.6. The average molecular weight is 439 g/mol. The van der Waals surface area contributed by atoms with Gasteiger partial charge in [-0.05, 0) is 35.4 Å². The predicted octanol–water partition coefficient (Wildman–Crippen LogP) is 3.60. The van der Waals surface area contributed by atoms with Crippen molar-refractivity contribution in [2.24, 2.45) is 5.10 Å². The number of ether oxygens (including phenoxy) is 1. The number of methoxy groups -OCH3 is 1. The summed E-state index contributed by atoms with van der Waals surface area (Å²) in [7, 11) is 1.60. The summed E-state index contributed by atoms with van der Waals surface area (Å²) in [6.45, 7) is -0.264. The first-order valence-corrected chi connectivity index (χ1v) is 10.6. The fourth-order valence-corrected chi connectivity index (χ4v) is 4.24. The number of amides is 2. The lowest BCUT2D eigenvalue weighted by molar-refractivity contribution is -0.132. The van der Waals surface area contributed by atoms with E-state index in [0.717, 1.165) is 22.6 Å². The Labute approximate surface area is 190 Å². The van der Waals surface area contributed by atoms with E-state index in [-0.39, 0.29) is 18.5 Å². The minimum Gasteiger partial charge on any atom is -0.497 e. The molecule has 7 nitrogen and oxygen atoms in total. The van der Waals surface area contributed by atoms with E-state index in [1.165, 1.54) is 9.91 Å². The number of para-hydroxylation sites is 1. The van der Waals surface area contributed by atoms with Gasteiger partial charge in [0.25, 0.3) is 17.6 Å². The molecule has 0 saturated heterocycles. The van der Waals surface area contributed by atoms with E-state index < -0.39 is 11.7 Å². The Morgan fingerprint density at radius 1 is 0.970 bits per heavy atom. The summed E-state index contributed by atoms with van der Waals surface area (Å²) in [4.78, 5) is 39.6. The van der Waals surface area contributed by atoms with Gasteiger partial charge in [-0.25, -0.2) is 5.01 Å². The van der Waals surface area contributed by atoms with E-state index in [0.29, 0.717) is 17.7 Å². The summed E-state index contributed by atoms with van der Waals surface area (Å²) in [5.74, 6) is -0.937. The molecule has 0 radical (unpaired) electrons. The molecular formula is C26H21N3O4. The van der Waals surface area contributed by atoms with E-state index in [4.69, 9.17) is 4.74 Å². The Kier molecular flexibility index (Phi) is 5.22. The molecule has 1 atom stereocenters. The van der Waals surface area contributed by atoms with Gasteiger partial charge >= 0.3 is 0 Å². The monoisotopic (exact) mass is 439 g/mol. The lowest BCUT2D eigenvalue weighted by Crippen LogP contribution is -2.40. The lowest BCUT2D eigenvalue weighted by atomic mass is 9.98. The molecule has 33 heavy (non-hydrogen) atoms. The molecule has 0 aliphatic carbocycles. The maximum atomic E-state index is 13.4. The van der Waals surface area contributed by atoms with Crippen LogP contribution in [0.2, 0.25) is 0 Å². The van der Waals surface area contributed by atoms with Gasteiger partial charge in [-0.2, -0.15) is 5.10 Å². The molecule has 7 heteroatoms. The molecule has 0 fully saturated rings. The highest BCUT2D eigenvalue weighted by Gasteiger charge is 2.39. The van der Waals surface area contributed by atoms with Crippen LogP contribution in [0.4, 0.5) is 5.69 Å². The SMILES string of the molecule is COc1ccc(C2CC(c3ccccc3)=NN2C(=O)CN2C(=O)C(=O)c3ccccc32)cc1. The van der Waals surface area contributed by atoms with E-state index in [1.54, 1.807) is 31.4 Å². The van der Waals surface area contributed by atoms with Crippen molar-refractivity contribution in [1.29, 1.82) is 0 Å². The maximum Gasteiger partial charge on any atom is 0.299 e. The Hall–Kier alpha value is -4.26. The number of rotatable bonds is 5. The van der Waals surface area contributed by atoms with Crippen molar-refractivity contribution < 1.29 is 19.1 Å². The van der Waals surface area contributed by atoms with Gasteiger partial charge in [0.1, 0.15) is 12.3 Å². The number of nitrogens with zero attached hydrogens (tertiary/aromatic N) is 3. The van der Waals surface area contributed by atoms with Gasteiger partial charge < -0.3 is 4.74 Å². The zero-order chi connectivity index (χ0) is 22.9. The van der Waals surface area contributed by atoms with Crippen molar-refractivity contribution in [1.82, 2.24) is 5.01 Å². The summed E-state index contributed by atoms with van der Waals surface area (Å²) >= 11 is 0. The normalized spacial score (nSPS) is 17.2. The second-order valence-corrected chi connectivity index (χ2v) is 7.88. The fourth-order valence-electron chi connectivity index (χ4n) is 4.24. The third kappa shape index (κ3) is 3.67. The van der Waals surface area contributed by atoms with Gasteiger partial charge in [0.05, 0.1) is 30.1 Å². The van der Waals surface area contributed by atoms with Crippen LogP contribution < -0.4 is 9.64 Å². The summed E-state index contributed by atoms with van der Waals surface area (Å²) in [6.07, 6.45) is 0.533. The van der Waals surface area contributed by atoms with Gasteiger partial charge in [0.15, 0.2) is 0 Å². The lowest BCUT2D eigenvalue weighted by Gasteiger charge is -2.25. The summed E-state index contributed by atoms with van der Waals surface area (Å²) < 4.78 is 5.26. The number of Topliss-reactive ketones (excluding diaryl/α,β-unsaturated/α-hetero) is 1. The number of anilines is 1. The Bertz CT molecular complexity index is 1270. The molecule has 2 aliphatic heterocycles. The average Bonchev–Trinajstić information content (AvgIpc) is 3.41. The number of ketones is 1. The topological polar surface area (TPSA) is 79.3 Å². The van der Waals surface area contributed by atoms with E-state index in [9.17, 15) is 14.4 Å². The Balaban J connectivity index is 1.47. The number of carbonyl (C=O) groups is 3. The first kappa shape index (κ1) is 20.6. The van der Waals surface area contributed by atoms with Crippen LogP contribution >= 0.6 is 0 Å². The van der Waals surface area contributed by atoms with Crippen LogP contribution in [0.25, 0.3) is 0 Å². The van der Waals surface area contributed by atoms with E-state index in [2.05, 4.69) is 5.10 Å². The fraction of sp³-hybridized carbons (Fsp3) is 0.154. The quantitative estimate of drug-likeness (QED) is 0.569. The molecule has 1 unspecified atom stereocenters. The molecule has 3 aromatic rings. The highest BCUT2D eigenvalue weighted by atomic mass is 16.5. The second-order valence-electron chi connectivity index (χ2n) is 7.88. The van der Waals surface area contributed by atoms with Gasteiger partial charge in [-0.15, -0.1) is 0 Å². The van der Waals surface area contributed by atoms with Gasteiger partial charge in [-0.3, -0.25) is 19.3 Å². The highest BCUT2D eigenvalue weighted by Crippen LogP contribution is 2.35. The first-order valence-electron chi connectivity index (χ1n) is 10.6. The zero-order valence-electron chi connectivity index (χ0n) is 18.0. The molecule has 2 amide bonds. The van der Waals surface area contributed by atoms with Crippen LogP contribution in [-0.2, 0) is 9.59 Å². The second kappa shape index (κ2) is 8.35. The van der Waals surface area contributed by atoms with Crippen molar-refractivity contribution in [2.75, 3.05) is 18.6 Å². The molecule has 5 rings (SSSR count). The molecule has 0 N–H and O–H groups in total. The van der Waals surface area contributed by atoms with Crippen LogP contribution in [0, 0.1) is 0 Å². The Morgan fingerprint density at radius 2 is 1.67 bits per heavy atom. The van der Waals surface area contributed by atoms with Crippen molar-refractivity contribution in [2.45, 2.75) is 12.5 Å². The van der Waals surface area contributed by atoms with Crippen molar-refractivity contribution in [3.05, 3.63) is 95.6 Å². The van der Waals surface area contributed by atoms with Crippen LogP contribution in [0.1, 0.15) is 33.9 Å². The predicted molar refractivity (Wildman–Crippen MR) is 123 cm³/mol. The standard InChI is InChI=1S/C26H21N3O4/c1-33-19-13-11-18(12-14-19)23-15-21(17-7-3-2-4-8-17)27-29(23)24(30)16-28-22-10-6-5-9-20(22)25(31)26(28)32/h2-14,23H,15-16H2,1H3. The Morgan fingerprint density at radius 3 is 2.39 bits per heavy atom. The van der Waals surface area contributed by atoms with Crippen molar-refractivity contribution in [3.63, 3.8) is 0 Å². The first-order chi connectivity index (χ1) is 16.1. The van der Waals surface area contributed by atoms with E-state index >= 15 is 0 Å². The third-order valence-corrected chi connectivity index (χ3v) is 5.95. The number of fused-ring (bicyclic) bond motifs is 1. The minimum atomic E-state index is -0.697. The molecule has 0 saturated carbocycles.